The van der Waals surface area contributed by atoms with Gasteiger partial charge in [-0.3, -0.25) is 14.8 Å². The van der Waals surface area contributed by atoms with Crippen molar-refractivity contribution in [3.05, 3.63) is 63.3 Å². The number of rotatable bonds is 5. The lowest BCUT2D eigenvalue weighted by Gasteiger charge is -2.29. The molecule has 0 saturated heterocycles. The molecule has 9 nitrogen and oxygen atoms in total. The van der Waals surface area contributed by atoms with Gasteiger partial charge in [-0.15, -0.1) is 0 Å². The number of aromatic nitrogens is 4. The summed E-state index contributed by atoms with van der Waals surface area (Å²) < 4.78 is 17.6. The molecular formula is C24H25N5O4. The quantitative estimate of drug-likeness (QED) is 0.502. The van der Waals surface area contributed by atoms with E-state index in [1.807, 2.05) is 25.1 Å². The summed E-state index contributed by atoms with van der Waals surface area (Å²) >= 11 is 0. The Hall–Kier alpha value is -3.59. The van der Waals surface area contributed by atoms with Crippen LogP contribution in [-0.4, -0.2) is 44.5 Å². The largest absolute Gasteiger partial charge is 0.454 e. The standard InChI is InChI=1S/C24H25N5O4/c1-14(7-16-3-4-21-22(9-16)32-13-31-21)11-28-6-5-18-17(12-28)24(30)29-23(25-18)10-19(26-29)20-8-15(2)33-27-20/h3-4,8-10,14,26H,5-7,11-13H2,1-2H3/t14-/m0/s1. The summed E-state index contributed by atoms with van der Waals surface area (Å²) in [5, 5.41) is 7.17. The van der Waals surface area contributed by atoms with Crippen LogP contribution in [0, 0.1) is 12.8 Å². The fourth-order valence-electron chi connectivity index (χ4n) is 4.79. The smallest absolute Gasteiger partial charge is 0.277 e. The molecule has 0 spiro atoms. The van der Waals surface area contributed by atoms with E-state index in [4.69, 9.17) is 19.0 Å². The molecule has 0 amide bonds. The molecule has 5 heterocycles. The van der Waals surface area contributed by atoms with Crippen LogP contribution < -0.4 is 15.0 Å². The van der Waals surface area contributed by atoms with Gasteiger partial charge < -0.3 is 14.0 Å². The van der Waals surface area contributed by atoms with Gasteiger partial charge in [0.05, 0.1) is 17.0 Å². The second kappa shape index (κ2) is 7.77. The number of hydrogen-bond donors (Lipinski definition) is 1. The van der Waals surface area contributed by atoms with E-state index in [9.17, 15) is 4.79 Å². The van der Waals surface area contributed by atoms with Crippen molar-refractivity contribution in [3.8, 4) is 22.9 Å². The van der Waals surface area contributed by atoms with Gasteiger partial charge in [0, 0.05) is 38.2 Å². The molecule has 1 atom stereocenters. The second-order valence-electron chi connectivity index (χ2n) is 9.01. The van der Waals surface area contributed by atoms with Gasteiger partial charge in [0.1, 0.15) is 11.5 Å². The van der Waals surface area contributed by atoms with Crippen LogP contribution in [0.1, 0.15) is 29.5 Å². The molecule has 33 heavy (non-hydrogen) atoms. The highest BCUT2D eigenvalue weighted by Gasteiger charge is 2.24. The van der Waals surface area contributed by atoms with Gasteiger partial charge in [0.2, 0.25) is 6.79 Å². The van der Waals surface area contributed by atoms with Crippen molar-refractivity contribution in [1.29, 1.82) is 0 Å². The van der Waals surface area contributed by atoms with Crippen molar-refractivity contribution in [2.45, 2.75) is 33.2 Å². The molecule has 2 aliphatic rings. The van der Waals surface area contributed by atoms with Gasteiger partial charge in [0.15, 0.2) is 17.1 Å². The molecule has 0 saturated carbocycles. The van der Waals surface area contributed by atoms with E-state index in [1.54, 1.807) is 0 Å². The minimum Gasteiger partial charge on any atom is -0.454 e. The SMILES string of the molecule is Cc1cc(-c2cc3nc4c(c(=O)n3[nH]2)CN(C[C@@H](C)Cc2ccc3c(c2)OCO3)CC4)no1. The van der Waals surface area contributed by atoms with Crippen LogP contribution in [0.2, 0.25) is 0 Å². The fraction of sp³-hybridized carbons (Fsp3) is 0.375. The van der Waals surface area contributed by atoms with E-state index in [0.717, 1.165) is 48.7 Å². The molecule has 9 heteroatoms. The molecule has 6 rings (SSSR count). The molecule has 0 aliphatic carbocycles. The van der Waals surface area contributed by atoms with Gasteiger partial charge in [-0.2, -0.15) is 0 Å². The Labute approximate surface area is 189 Å². The first-order chi connectivity index (χ1) is 16.0. The summed E-state index contributed by atoms with van der Waals surface area (Å²) in [6.45, 7) is 6.77. The third-order valence-corrected chi connectivity index (χ3v) is 6.34. The van der Waals surface area contributed by atoms with E-state index in [0.29, 0.717) is 42.1 Å². The van der Waals surface area contributed by atoms with E-state index in [-0.39, 0.29) is 5.56 Å². The van der Waals surface area contributed by atoms with E-state index >= 15 is 0 Å². The van der Waals surface area contributed by atoms with Crippen LogP contribution in [0.3, 0.4) is 0 Å². The predicted molar refractivity (Wildman–Crippen MR) is 120 cm³/mol. The number of nitrogens with zero attached hydrogens (tertiary/aromatic N) is 4. The average Bonchev–Trinajstić information content (AvgIpc) is 3.53. The zero-order valence-corrected chi connectivity index (χ0v) is 18.6. The number of hydrogen-bond acceptors (Lipinski definition) is 7. The average molecular weight is 447 g/mol. The molecule has 170 valence electrons. The maximum Gasteiger partial charge on any atom is 0.277 e. The van der Waals surface area contributed by atoms with Crippen molar-refractivity contribution in [2.24, 2.45) is 5.92 Å². The van der Waals surface area contributed by atoms with E-state index < -0.39 is 0 Å². The first-order valence-corrected chi connectivity index (χ1v) is 11.2. The molecule has 1 aromatic carbocycles. The van der Waals surface area contributed by atoms with Crippen LogP contribution in [0.4, 0.5) is 0 Å². The zero-order chi connectivity index (χ0) is 22.5. The van der Waals surface area contributed by atoms with Crippen LogP contribution >= 0.6 is 0 Å². The van der Waals surface area contributed by atoms with Crippen molar-refractivity contribution in [2.75, 3.05) is 19.9 Å². The Morgan fingerprint density at radius 2 is 2.06 bits per heavy atom. The number of fused-ring (bicyclic) bond motifs is 3. The lowest BCUT2D eigenvalue weighted by molar-refractivity contribution is 0.174. The van der Waals surface area contributed by atoms with Gasteiger partial charge >= 0.3 is 0 Å². The first-order valence-electron chi connectivity index (χ1n) is 11.2. The number of benzene rings is 1. The molecule has 0 fully saturated rings. The number of nitrogens with one attached hydrogen (secondary N) is 1. The van der Waals surface area contributed by atoms with Crippen molar-refractivity contribution in [3.63, 3.8) is 0 Å². The lowest BCUT2D eigenvalue weighted by Crippen LogP contribution is -2.39. The molecule has 0 unspecified atom stereocenters. The fourth-order valence-corrected chi connectivity index (χ4v) is 4.79. The Kier molecular flexibility index (Phi) is 4.72. The maximum absolute atomic E-state index is 13.2. The van der Waals surface area contributed by atoms with Gasteiger partial charge in [-0.05, 0) is 37.0 Å². The molecule has 1 N–H and O–H groups in total. The van der Waals surface area contributed by atoms with E-state index in [2.05, 4.69) is 34.2 Å². The molecule has 0 radical (unpaired) electrons. The summed E-state index contributed by atoms with van der Waals surface area (Å²) in [6.07, 6.45) is 1.70. The predicted octanol–water partition coefficient (Wildman–Crippen LogP) is 2.95. The highest BCUT2D eigenvalue weighted by atomic mass is 16.7. The van der Waals surface area contributed by atoms with Crippen molar-refractivity contribution >= 4 is 5.65 Å². The summed E-state index contributed by atoms with van der Waals surface area (Å²) in [5.74, 6) is 2.78. The Bertz CT molecular complexity index is 1400. The van der Waals surface area contributed by atoms with Crippen LogP contribution in [0.25, 0.3) is 17.0 Å². The third-order valence-electron chi connectivity index (χ3n) is 6.34. The monoisotopic (exact) mass is 447 g/mol. The number of H-pyrrole nitrogens is 1. The molecule has 2 aliphatic heterocycles. The van der Waals surface area contributed by atoms with Gasteiger partial charge in [-0.1, -0.05) is 18.1 Å². The highest BCUT2D eigenvalue weighted by molar-refractivity contribution is 5.60. The van der Waals surface area contributed by atoms with Crippen LogP contribution in [0.5, 0.6) is 11.5 Å². The number of aryl methyl sites for hydroxylation is 1. The van der Waals surface area contributed by atoms with Crippen molar-refractivity contribution < 1.29 is 14.0 Å². The normalized spacial score (nSPS) is 16.3. The summed E-state index contributed by atoms with van der Waals surface area (Å²) in [5.41, 5.74) is 4.82. The Morgan fingerprint density at radius 3 is 2.91 bits per heavy atom. The lowest BCUT2D eigenvalue weighted by atomic mass is 9.98. The first kappa shape index (κ1) is 20.0. The highest BCUT2D eigenvalue weighted by Crippen LogP contribution is 2.33. The molecule has 0 bridgehead atoms. The number of aromatic amines is 1. The Morgan fingerprint density at radius 1 is 1.18 bits per heavy atom. The minimum atomic E-state index is -0.0467. The molecular weight excluding hydrogens is 422 g/mol. The molecule has 3 aromatic heterocycles. The summed E-state index contributed by atoms with van der Waals surface area (Å²) in [4.78, 5) is 20.4. The van der Waals surface area contributed by atoms with Crippen LogP contribution in [0.15, 0.2) is 39.6 Å². The van der Waals surface area contributed by atoms with Crippen LogP contribution in [-0.2, 0) is 19.4 Å². The van der Waals surface area contributed by atoms with Gasteiger partial charge in [-0.25, -0.2) is 9.50 Å². The summed E-state index contributed by atoms with van der Waals surface area (Å²) in [7, 11) is 0. The summed E-state index contributed by atoms with van der Waals surface area (Å²) in [6, 6.07) is 9.82. The minimum absolute atomic E-state index is 0.0467. The maximum atomic E-state index is 13.2. The zero-order valence-electron chi connectivity index (χ0n) is 18.6. The third kappa shape index (κ3) is 3.68. The van der Waals surface area contributed by atoms with Crippen molar-refractivity contribution in [1.82, 2.24) is 24.7 Å². The topological polar surface area (TPSA) is 97.9 Å². The Balaban J connectivity index is 1.19. The molecule has 4 aromatic rings. The van der Waals surface area contributed by atoms with E-state index in [1.165, 1.54) is 10.1 Å². The van der Waals surface area contributed by atoms with Gasteiger partial charge in [0.25, 0.3) is 5.56 Å². The second-order valence-corrected chi connectivity index (χ2v) is 9.01. The number of ether oxygens (including phenoxy) is 2.